The molecule has 2 fully saturated rings. The Labute approximate surface area is 133 Å². The van der Waals surface area contributed by atoms with Crippen LogP contribution in [0.1, 0.15) is 44.6 Å². The molecule has 2 aliphatic heterocycles. The first-order valence-electron chi connectivity index (χ1n) is 8.39. The number of piperidine rings is 1. The van der Waals surface area contributed by atoms with Gasteiger partial charge in [0.1, 0.15) is 0 Å². The molecular formula is C19H25NO2. The van der Waals surface area contributed by atoms with Gasteiger partial charge in [0.2, 0.25) is 0 Å². The standard InChI is InChI=1S/C19H25NO2/c1-2-22-19(21)11-8-16-12-17-9-10-18(13-16)20(17)14-15-6-4-3-5-7-15/h3-8,17-18H,2,9-14H2,1H3. The van der Waals surface area contributed by atoms with E-state index in [-0.39, 0.29) is 5.97 Å². The van der Waals surface area contributed by atoms with Crippen LogP contribution in [0.15, 0.2) is 42.0 Å². The van der Waals surface area contributed by atoms with Gasteiger partial charge in [0, 0.05) is 18.6 Å². The van der Waals surface area contributed by atoms with Crippen molar-refractivity contribution in [2.24, 2.45) is 0 Å². The van der Waals surface area contributed by atoms with Crippen molar-refractivity contribution in [2.45, 2.75) is 57.7 Å². The molecule has 1 aromatic carbocycles. The zero-order valence-corrected chi connectivity index (χ0v) is 13.3. The van der Waals surface area contributed by atoms with Crippen LogP contribution in [0, 0.1) is 0 Å². The molecule has 2 saturated heterocycles. The second-order valence-corrected chi connectivity index (χ2v) is 6.32. The van der Waals surface area contributed by atoms with Crippen LogP contribution in [0.4, 0.5) is 0 Å². The van der Waals surface area contributed by atoms with Crippen LogP contribution < -0.4 is 0 Å². The zero-order valence-electron chi connectivity index (χ0n) is 13.3. The predicted molar refractivity (Wildman–Crippen MR) is 87.4 cm³/mol. The van der Waals surface area contributed by atoms with Gasteiger partial charge >= 0.3 is 5.97 Å². The molecular weight excluding hydrogens is 274 g/mol. The van der Waals surface area contributed by atoms with E-state index in [1.807, 2.05) is 6.92 Å². The molecule has 1 aromatic rings. The van der Waals surface area contributed by atoms with Crippen molar-refractivity contribution in [1.82, 2.24) is 4.90 Å². The molecule has 22 heavy (non-hydrogen) atoms. The van der Waals surface area contributed by atoms with Gasteiger partial charge in [-0.25, -0.2) is 0 Å². The first-order chi connectivity index (χ1) is 10.8. The van der Waals surface area contributed by atoms with Crippen LogP contribution in [-0.2, 0) is 16.1 Å². The molecule has 2 aliphatic rings. The van der Waals surface area contributed by atoms with E-state index < -0.39 is 0 Å². The number of nitrogens with zero attached hydrogens (tertiary/aromatic N) is 1. The normalized spacial score (nSPS) is 24.3. The van der Waals surface area contributed by atoms with Crippen LogP contribution in [0.3, 0.4) is 0 Å². The predicted octanol–water partition coefficient (Wildman–Crippen LogP) is 3.69. The lowest BCUT2D eigenvalue weighted by Crippen LogP contribution is -2.39. The summed E-state index contributed by atoms with van der Waals surface area (Å²) in [6.07, 6.45) is 7.35. The van der Waals surface area contributed by atoms with E-state index in [1.165, 1.54) is 24.0 Å². The highest BCUT2D eigenvalue weighted by molar-refractivity contribution is 5.71. The van der Waals surface area contributed by atoms with Crippen LogP contribution in [0.5, 0.6) is 0 Å². The van der Waals surface area contributed by atoms with Gasteiger partial charge in [-0.2, -0.15) is 0 Å². The Morgan fingerprint density at radius 2 is 1.91 bits per heavy atom. The molecule has 0 N–H and O–H groups in total. The molecule has 3 heteroatoms. The molecule has 2 heterocycles. The van der Waals surface area contributed by atoms with E-state index in [9.17, 15) is 4.79 Å². The fraction of sp³-hybridized carbons (Fsp3) is 0.526. The average Bonchev–Trinajstić information content (AvgIpc) is 2.77. The molecule has 0 amide bonds. The van der Waals surface area contributed by atoms with Gasteiger partial charge in [-0.05, 0) is 38.2 Å². The monoisotopic (exact) mass is 299 g/mol. The Hall–Kier alpha value is -1.61. The summed E-state index contributed by atoms with van der Waals surface area (Å²) in [5.41, 5.74) is 2.85. The Morgan fingerprint density at radius 3 is 2.55 bits per heavy atom. The van der Waals surface area contributed by atoms with E-state index in [4.69, 9.17) is 4.74 Å². The van der Waals surface area contributed by atoms with Gasteiger partial charge in [0.05, 0.1) is 13.0 Å². The third-order valence-electron chi connectivity index (χ3n) is 4.84. The molecule has 0 spiro atoms. The number of esters is 1. The highest BCUT2D eigenvalue weighted by atomic mass is 16.5. The summed E-state index contributed by atoms with van der Waals surface area (Å²) in [6.45, 7) is 3.38. The summed E-state index contributed by atoms with van der Waals surface area (Å²) in [6, 6.07) is 12.0. The fourth-order valence-corrected chi connectivity index (χ4v) is 3.81. The topological polar surface area (TPSA) is 29.5 Å². The number of carbonyl (C=O) groups excluding carboxylic acids is 1. The Morgan fingerprint density at radius 1 is 1.23 bits per heavy atom. The molecule has 0 aliphatic carbocycles. The number of benzene rings is 1. The maximum absolute atomic E-state index is 11.5. The molecule has 2 bridgehead atoms. The van der Waals surface area contributed by atoms with Crippen molar-refractivity contribution in [2.75, 3.05) is 6.61 Å². The molecule has 0 radical (unpaired) electrons. The molecule has 3 nitrogen and oxygen atoms in total. The lowest BCUT2D eigenvalue weighted by Gasteiger charge is -2.36. The van der Waals surface area contributed by atoms with E-state index >= 15 is 0 Å². The fourth-order valence-electron chi connectivity index (χ4n) is 3.81. The second-order valence-electron chi connectivity index (χ2n) is 6.32. The van der Waals surface area contributed by atoms with Gasteiger partial charge in [0.25, 0.3) is 0 Å². The lowest BCUT2D eigenvalue weighted by molar-refractivity contribution is -0.142. The largest absolute Gasteiger partial charge is 0.466 e. The first-order valence-corrected chi connectivity index (χ1v) is 8.39. The summed E-state index contributed by atoms with van der Waals surface area (Å²) in [5.74, 6) is -0.103. The van der Waals surface area contributed by atoms with Gasteiger partial charge in [-0.3, -0.25) is 9.69 Å². The van der Waals surface area contributed by atoms with E-state index in [2.05, 4.69) is 41.3 Å². The van der Waals surface area contributed by atoms with Crippen molar-refractivity contribution in [1.29, 1.82) is 0 Å². The Bertz CT molecular complexity index is 522. The van der Waals surface area contributed by atoms with Crippen LogP contribution in [0.25, 0.3) is 0 Å². The minimum Gasteiger partial charge on any atom is -0.466 e. The quantitative estimate of drug-likeness (QED) is 0.613. The minimum absolute atomic E-state index is 0.103. The molecule has 0 saturated carbocycles. The van der Waals surface area contributed by atoms with Crippen molar-refractivity contribution in [3.8, 4) is 0 Å². The molecule has 3 rings (SSSR count). The summed E-state index contributed by atoms with van der Waals surface area (Å²) < 4.78 is 5.01. The minimum atomic E-state index is -0.103. The maximum Gasteiger partial charge on any atom is 0.309 e. The zero-order chi connectivity index (χ0) is 15.4. The van der Waals surface area contributed by atoms with Crippen LogP contribution in [-0.4, -0.2) is 29.6 Å². The second kappa shape index (κ2) is 7.10. The van der Waals surface area contributed by atoms with E-state index in [0.29, 0.717) is 25.1 Å². The Balaban J connectivity index is 1.59. The van der Waals surface area contributed by atoms with Crippen molar-refractivity contribution in [3.05, 3.63) is 47.5 Å². The van der Waals surface area contributed by atoms with Gasteiger partial charge in [0.15, 0.2) is 0 Å². The van der Waals surface area contributed by atoms with Crippen molar-refractivity contribution in [3.63, 3.8) is 0 Å². The van der Waals surface area contributed by atoms with Gasteiger partial charge < -0.3 is 4.74 Å². The molecule has 0 aromatic heterocycles. The number of carbonyl (C=O) groups is 1. The smallest absolute Gasteiger partial charge is 0.309 e. The SMILES string of the molecule is CCOC(=O)CC=C1CC2CCC(C1)N2Cc1ccccc1. The Kier molecular flexibility index (Phi) is 4.94. The first kappa shape index (κ1) is 15.3. The van der Waals surface area contributed by atoms with Crippen molar-refractivity contribution >= 4 is 5.97 Å². The number of fused-ring (bicyclic) bond motifs is 2. The highest BCUT2D eigenvalue weighted by Crippen LogP contribution is 2.39. The van der Waals surface area contributed by atoms with Crippen LogP contribution >= 0.6 is 0 Å². The number of ether oxygens (including phenoxy) is 1. The number of rotatable bonds is 5. The summed E-state index contributed by atoms with van der Waals surface area (Å²) in [4.78, 5) is 14.2. The molecule has 2 atom stereocenters. The van der Waals surface area contributed by atoms with E-state index in [0.717, 1.165) is 19.4 Å². The van der Waals surface area contributed by atoms with E-state index in [1.54, 1.807) is 0 Å². The summed E-state index contributed by atoms with van der Waals surface area (Å²) in [5, 5.41) is 0. The third kappa shape index (κ3) is 3.58. The number of hydrogen-bond donors (Lipinski definition) is 0. The average molecular weight is 299 g/mol. The summed E-state index contributed by atoms with van der Waals surface area (Å²) >= 11 is 0. The van der Waals surface area contributed by atoms with Crippen LogP contribution in [0.2, 0.25) is 0 Å². The highest BCUT2D eigenvalue weighted by Gasteiger charge is 2.38. The third-order valence-corrected chi connectivity index (χ3v) is 4.84. The maximum atomic E-state index is 11.5. The molecule has 118 valence electrons. The lowest BCUT2D eigenvalue weighted by atomic mass is 9.95. The van der Waals surface area contributed by atoms with Crippen molar-refractivity contribution < 1.29 is 9.53 Å². The summed E-state index contributed by atoms with van der Waals surface area (Å²) in [7, 11) is 0. The number of hydrogen-bond acceptors (Lipinski definition) is 3. The molecule has 2 unspecified atom stereocenters. The van der Waals surface area contributed by atoms with Gasteiger partial charge in [-0.15, -0.1) is 0 Å². The van der Waals surface area contributed by atoms with Gasteiger partial charge in [-0.1, -0.05) is 42.0 Å².